The number of benzene rings is 1. The summed E-state index contributed by atoms with van der Waals surface area (Å²) in [4.78, 5) is 20.0. The molecule has 22 heavy (non-hydrogen) atoms. The third kappa shape index (κ3) is 2.93. The first kappa shape index (κ1) is 14.5. The van der Waals surface area contributed by atoms with E-state index in [1.807, 2.05) is 30.3 Å². The number of aryl methyl sites for hydroxylation is 1. The van der Waals surface area contributed by atoms with E-state index in [1.54, 1.807) is 6.92 Å². The molecule has 1 fully saturated rings. The lowest BCUT2D eigenvalue weighted by molar-refractivity contribution is 0.0688. The minimum absolute atomic E-state index is 0.0484. The third-order valence-corrected chi connectivity index (χ3v) is 3.97. The summed E-state index contributed by atoms with van der Waals surface area (Å²) in [7, 11) is 0. The van der Waals surface area contributed by atoms with Crippen molar-refractivity contribution in [2.45, 2.75) is 38.5 Å². The predicted molar refractivity (Wildman–Crippen MR) is 81.5 cm³/mol. The van der Waals surface area contributed by atoms with Gasteiger partial charge in [0.15, 0.2) is 5.69 Å². The molecule has 0 bridgehead atoms. The van der Waals surface area contributed by atoms with Crippen molar-refractivity contribution in [2.24, 2.45) is 0 Å². The maximum Gasteiger partial charge on any atom is 0.356 e. The Morgan fingerprint density at radius 1 is 1.18 bits per heavy atom. The van der Waals surface area contributed by atoms with Crippen LogP contribution in [0.4, 0.5) is 0 Å². The molecule has 1 aliphatic rings. The van der Waals surface area contributed by atoms with Gasteiger partial charge < -0.3 is 9.84 Å². The first-order chi connectivity index (χ1) is 10.6. The van der Waals surface area contributed by atoms with Crippen LogP contribution in [0.3, 0.4) is 0 Å². The van der Waals surface area contributed by atoms with Crippen LogP contribution in [-0.4, -0.2) is 21.0 Å². The number of hydrogen-bond acceptors (Lipinski definition) is 4. The average Bonchev–Trinajstić information content (AvgIpc) is 3.03. The van der Waals surface area contributed by atoms with Gasteiger partial charge in [-0.15, -0.1) is 0 Å². The highest BCUT2D eigenvalue weighted by atomic mass is 16.5. The van der Waals surface area contributed by atoms with Crippen molar-refractivity contribution >= 4 is 5.97 Å². The van der Waals surface area contributed by atoms with Crippen molar-refractivity contribution in [3.05, 3.63) is 47.4 Å². The SMILES string of the molecule is Cc1nc(C2CCCC2)c(Oc2ccccc2)nc1C(=O)O. The van der Waals surface area contributed by atoms with E-state index < -0.39 is 5.97 Å². The second-order valence-electron chi connectivity index (χ2n) is 5.55. The second kappa shape index (κ2) is 6.13. The molecule has 2 aromatic rings. The second-order valence-corrected chi connectivity index (χ2v) is 5.55. The third-order valence-electron chi connectivity index (χ3n) is 3.97. The Kier molecular flexibility index (Phi) is 4.04. The van der Waals surface area contributed by atoms with Crippen LogP contribution in [0.2, 0.25) is 0 Å². The fraction of sp³-hybridized carbons (Fsp3) is 0.353. The number of aromatic nitrogens is 2. The number of carboxylic acid groups (broad SMARTS) is 1. The van der Waals surface area contributed by atoms with Gasteiger partial charge in [-0.25, -0.2) is 14.8 Å². The molecule has 1 aromatic carbocycles. The molecule has 0 aliphatic heterocycles. The largest absolute Gasteiger partial charge is 0.476 e. The van der Waals surface area contributed by atoms with Crippen molar-refractivity contribution in [3.63, 3.8) is 0 Å². The number of aromatic carboxylic acids is 1. The lowest BCUT2D eigenvalue weighted by Gasteiger charge is -2.15. The van der Waals surface area contributed by atoms with Crippen LogP contribution in [0, 0.1) is 6.92 Å². The summed E-state index contributed by atoms with van der Waals surface area (Å²) < 4.78 is 5.83. The molecule has 1 saturated carbocycles. The summed E-state index contributed by atoms with van der Waals surface area (Å²) in [6.07, 6.45) is 4.42. The number of carboxylic acids is 1. The Bertz CT molecular complexity index is 680. The monoisotopic (exact) mass is 298 g/mol. The lowest BCUT2D eigenvalue weighted by Crippen LogP contribution is -2.11. The van der Waals surface area contributed by atoms with Crippen molar-refractivity contribution in [1.29, 1.82) is 0 Å². The molecule has 114 valence electrons. The molecular weight excluding hydrogens is 280 g/mol. The fourth-order valence-electron chi connectivity index (χ4n) is 2.86. The van der Waals surface area contributed by atoms with Gasteiger partial charge in [0.25, 0.3) is 0 Å². The smallest absolute Gasteiger partial charge is 0.356 e. The topological polar surface area (TPSA) is 72.3 Å². The highest BCUT2D eigenvalue weighted by molar-refractivity contribution is 5.86. The molecule has 5 nitrogen and oxygen atoms in total. The Hall–Kier alpha value is -2.43. The van der Waals surface area contributed by atoms with E-state index >= 15 is 0 Å². The summed E-state index contributed by atoms with van der Waals surface area (Å²) in [5.74, 6) is 0.172. The summed E-state index contributed by atoms with van der Waals surface area (Å²) in [6.45, 7) is 1.68. The van der Waals surface area contributed by atoms with E-state index in [2.05, 4.69) is 9.97 Å². The van der Waals surface area contributed by atoms with Crippen molar-refractivity contribution in [3.8, 4) is 11.6 Å². The van der Waals surface area contributed by atoms with Gasteiger partial charge in [0.05, 0.1) is 5.69 Å². The molecule has 0 radical (unpaired) electrons. The number of carbonyl (C=O) groups is 1. The van der Waals surface area contributed by atoms with E-state index in [0.29, 0.717) is 23.2 Å². The van der Waals surface area contributed by atoms with Gasteiger partial charge in [-0.1, -0.05) is 31.0 Å². The van der Waals surface area contributed by atoms with Gasteiger partial charge in [-0.05, 0) is 31.9 Å². The summed E-state index contributed by atoms with van der Waals surface area (Å²) in [6, 6.07) is 9.27. The lowest BCUT2D eigenvalue weighted by atomic mass is 10.0. The highest BCUT2D eigenvalue weighted by Gasteiger charge is 2.26. The molecule has 1 aromatic heterocycles. The molecular formula is C17H18N2O3. The average molecular weight is 298 g/mol. The van der Waals surface area contributed by atoms with Gasteiger partial charge in [0.1, 0.15) is 11.4 Å². The molecule has 0 spiro atoms. The van der Waals surface area contributed by atoms with Gasteiger partial charge in [-0.2, -0.15) is 0 Å². The maximum absolute atomic E-state index is 11.3. The Labute approximate surface area is 129 Å². The van der Waals surface area contributed by atoms with E-state index in [4.69, 9.17) is 4.74 Å². The standard InChI is InChI=1S/C17H18N2O3/c1-11-14(17(20)21)19-16(22-13-9-3-2-4-10-13)15(18-11)12-7-5-6-8-12/h2-4,9-10,12H,5-8H2,1H3,(H,20,21). The van der Waals surface area contributed by atoms with Gasteiger partial charge in [0.2, 0.25) is 5.88 Å². The molecule has 1 aliphatic carbocycles. The van der Waals surface area contributed by atoms with Gasteiger partial charge in [0, 0.05) is 5.92 Å². The fourth-order valence-corrected chi connectivity index (χ4v) is 2.86. The quantitative estimate of drug-likeness (QED) is 0.925. The number of para-hydroxylation sites is 1. The molecule has 0 atom stereocenters. The first-order valence-electron chi connectivity index (χ1n) is 7.50. The number of hydrogen-bond donors (Lipinski definition) is 1. The molecule has 5 heteroatoms. The van der Waals surface area contributed by atoms with Crippen LogP contribution in [0.15, 0.2) is 30.3 Å². The Morgan fingerprint density at radius 2 is 1.86 bits per heavy atom. The molecule has 0 unspecified atom stereocenters. The minimum atomic E-state index is -1.08. The van der Waals surface area contributed by atoms with Crippen LogP contribution in [0.25, 0.3) is 0 Å². The van der Waals surface area contributed by atoms with Crippen LogP contribution < -0.4 is 4.74 Å². The summed E-state index contributed by atoms with van der Waals surface area (Å²) in [5, 5.41) is 9.25. The highest BCUT2D eigenvalue weighted by Crippen LogP contribution is 2.38. The van der Waals surface area contributed by atoms with E-state index in [1.165, 1.54) is 0 Å². The minimum Gasteiger partial charge on any atom is -0.476 e. The number of ether oxygens (including phenoxy) is 1. The van der Waals surface area contributed by atoms with Crippen LogP contribution in [-0.2, 0) is 0 Å². The first-order valence-corrected chi connectivity index (χ1v) is 7.50. The zero-order chi connectivity index (χ0) is 15.5. The summed E-state index contributed by atoms with van der Waals surface area (Å²) >= 11 is 0. The van der Waals surface area contributed by atoms with Gasteiger partial charge >= 0.3 is 5.97 Å². The predicted octanol–water partition coefficient (Wildman–Crippen LogP) is 3.93. The van der Waals surface area contributed by atoms with Crippen molar-refractivity contribution < 1.29 is 14.6 Å². The summed E-state index contributed by atoms with van der Waals surface area (Å²) in [5.41, 5.74) is 1.17. The zero-order valence-corrected chi connectivity index (χ0v) is 12.5. The van der Waals surface area contributed by atoms with Crippen molar-refractivity contribution in [2.75, 3.05) is 0 Å². The van der Waals surface area contributed by atoms with E-state index in [-0.39, 0.29) is 5.69 Å². The van der Waals surface area contributed by atoms with Crippen molar-refractivity contribution in [1.82, 2.24) is 9.97 Å². The zero-order valence-electron chi connectivity index (χ0n) is 12.5. The normalized spacial score (nSPS) is 15.0. The number of rotatable bonds is 4. The maximum atomic E-state index is 11.3. The van der Waals surface area contributed by atoms with Gasteiger partial charge in [-0.3, -0.25) is 0 Å². The molecule has 0 saturated heterocycles. The molecule has 1 heterocycles. The van der Waals surface area contributed by atoms with E-state index in [9.17, 15) is 9.90 Å². The van der Waals surface area contributed by atoms with E-state index in [0.717, 1.165) is 31.4 Å². The molecule has 3 rings (SSSR count). The Balaban J connectivity index is 2.03. The van der Waals surface area contributed by atoms with Crippen LogP contribution >= 0.6 is 0 Å². The molecule has 0 amide bonds. The number of nitrogens with zero attached hydrogens (tertiary/aromatic N) is 2. The Morgan fingerprint density at radius 3 is 2.50 bits per heavy atom. The molecule has 1 N–H and O–H groups in total. The van der Waals surface area contributed by atoms with Crippen LogP contribution in [0.5, 0.6) is 11.6 Å². The van der Waals surface area contributed by atoms with Crippen LogP contribution in [0.1, 0.15) is 53.5 Å².